The predicted molar refractivity (Wildman–Crippen MR) is 123 cm³/mol. The van der Waals surface area contributed by atoms with E-state index in [4.69, 9.17) is 4.98 Å². The Labute approximate surface area is 187 Å². The van der Waals surface area contributed by atoms with Gasteiger partial charge in [-0.25, -0.2) is 9.97 Å². The number of benzene rings is 2. The molecule has 5 rings (SSSR count). The monoisotopic (exact) mass is 479 g/mol. The number of para-hydroxylation sites is 2. The molecule has 0 aliphatic carbocycles. The van der Waals surface area contributed by atoms with E-state index in [1.165, 1.54) is 10.9 Å². The smallest absolute Gasteiger partial charge is 0.261 e. The third-order valence-corrected chi connectivity index (χ3v) is 6.41. The van der Waals surface area contributed by atoms with Gasteiger partial charge in [-0.15, -0.1) is 0 Å². The van der Waals surface area contributed by atoms with Crippen molar-refractivity contribution in [2.45, 2.75) is 31.7 Å². The number of nitrogens with one attached hydrogen (secondary N) is 1. The number of rotatable bonds is 4. The molecule has 1 amide bonds. The average molecular weight is 480 g/mol. The molecule has 158 valence electrons. The van der Waals surface area contributed by atoms with Crippen LogP contribution in [0.2, 0.25) is 0 Å². The first kappa shape index (κ1) is 19.9. The van der Waals surface area contributed by atoms with Gasteiger partial charge in [0.25, 0.3) is 5.56 Å². The van der Waals surface area contributed by atoms with Gasteiger partial charge in [0.05, 0.1) is 28.3 Å². The summed E-state index contributed by atoms with van der Waals surface area (Å²) in [4.78, 5) is 40.0. The summed E-state index contributed by atoms with van der Waals surface area (Å²) in [6, 6.07) is 13.4. The van der Waals surface area contributed by atoms with E-state index in [0.29, 0.717) is 24.0 Å². The molecule has 2 aromatic heterocycles. The highest BCUT2D eigenvalue weighted by molar-refractivity contribution is 9.10. The number of H-pyrrole nitrogens is 1. The number of amides is 1. The number of aromatic amines is 1. The lowest BCUT2D eigenvalue weighted by atomic mass is 9.97. The normalized spacial score (nSPS) is 16.8. The topological polar surface area (TPSA) is 83.9 Å². The Morgan fingerprint density at radius 2 is 2.06 bits per heavy atom. The van der Waals surface area contributed by atoms with Gasteiger partial charge < -0.3 is 9.88 Å². The van der Waals surface area contributed by atoms with E-state index in [2.05, 4.69) is 25.9 Å². The van der Waals surface area contributed by atoms with Crippen LogP contribution in [0.15, 0.2) is 58.1 Å². The molecular formula is C23H22BrN5O2. The fraction of sp³-hybridized carbons (Fsp3) is 0.304. The molecule has 1 fully saturated rings. The lowest BCUT2D eigenvalue weighted by molar-refractivity contribution is -0.132. The molecule has 1 aliphatic heterocycles. The number of carbonyl (C=O) groups is 1. The van der Waals surface area contributed by atoms with Crippen LogP contribution >= 0.6 is 15.9 Å². The van der Waals surface area contributed by atoms with Crippen LogP contribution in [-0.2, 0) is 11.3 Å². The zero-order valence-electron chi connectivity index (χ0n) is 16.9. The second kappa shape index (κ2) is 8.26. The number of halogens is 1. The zero-order chi connectivity index (χ0) is 21.4. The second-order valence-corrected chi connectivity index (χ2v) is 8.89. The van der Waals surface area contributed by atoms with Crippen LogP contribution in [0.5, 0.6) is 0 Å². The maximum Gasteiger partial charge on any atom is 0.261 e. The van der Waals surface area contributed by atoms with Crippen molar-refractivity contribution < 1.29 is 4.79 Å². The first-order valence-corrected chi connectivity index (χ1v) is 11.2. The average Bonchev–Trinajstić information content (AvgIpc) is 3.23. The number of imidazole rings is 1. The number of fused-ring (bicyclic) bond motifs is 2. The van der Waals surface area contributed by atoms with E-state index in [9.17, 15) is 9.59 Å². The van der Waals surface area contributed by atoms with Crippen molar-refractivity contribution in [3.8, 4) is 0 Å². The Morgan fingerprint density at radius 1 is 1.19 bits per heavy atom. The van der Waals surface area contributed by atoms with Gasteiger partial charge in [0, 0.05) is 36.4 Å². The Balaban J connectivity index is 1.27. The van der Waals surface area contributed by atoms with E-state index >= 15 is 0 Å². The third kappa shape index (κ3) is 3.99. The van der Waals surface area contributed by atoms with Gasteiger partial charge >= 0.3 is 0 Å². The Morgan fingerprint density at radius 3 is 2.94 bits per heavy atom. The number of aryl methyl sites for hydroxylation is 1. The third-order valence-electron chi connectivity index (χ3n) is 5.92. The van der Waals surface area contributed by atoms with Gasteiger partial charge in [-0.2, -0.15) is 0 Å². The van der Waals surface area contributed by atoms with Gasteiger partial charge in [-0.3, -0.25) is 14.2 Å². The van der Waals surface area contributed by atoms with Crippen molar-refractivity contribution in [1.82, 2.24) is 24.4 Å². The molecular weight excluding hydrogens is 458 g/mol. The second-order valence-electron chi connectivity index (χ2n) is 7.97. The van der Waals surface area contributed by atoms with Gasteiger partial charge in [-0.1, -0.05) is 28.1 Å². The van der Waals surface area contributed by atoms with Crippen LogP contribution in [0.4, 0.5) is 0 Å². The molecule has 0 bridgehead atoms. The summed E-state index contributed by atoms with van der Waals surface area (Å²) in [5.74, 6) is 1.20. The minimum absolute atomic E-state index is 0.0575. The molecule has 0 spiro atoms. The highest BCUT2D eigenvalue weighted by atomic mass is 79.9. The lowest BCUT2D eigenvalue weighted by Gasteiger charge is -2.32. The fourth-order valence-electron chi connectivity index (χ4n) is 4.26. The van der Waals surface area contributed by atoms with Crippen LogP contribution in [0, 0.1) is 0 Å². The van der Waals surface area contributed by atoms with Crippen molar-refractivity contribution in [2.24, 2.45) is 0 Å². The minimum atomic E-state index is -0.127. The molecule has 1 atom stereocenters. The highest BCUT2D eigenvalue weighted by Crippen LogP contribution is 2.27. The maximum absolute atomic E-state index is 12.9. The molecule has 1 aliphatic rings. The maximum atomic E-state index is 12.9. The van der Waals surface area contributed by atoms with Crippen LogP contribution < -0.4 is 5.56 Å². The molecule has 4 aromatic rings. The Kier molecular flexibility index (Phi) is 5.31. The van der Waals surface area contributed by atoms with Crippen LogP contribution in [0.1, 0.15) is 31.0 Å². The largest absolute Gasteiger partial charge is 0.342 e. The van der Waals surface area contributed by atoms with Gasteiger partial charge in [0.15, 0.2) is 0 Å². The summed E-state index contributed by atoms with van der Waals surface area (Å²) in [5.41, 5.74) is 2.50. The fourth-order valence-corrected chi connectivity index (χ4v) is 4.62. The minimum Gasteiger partial charge on any atom is -0.342 e. The molecule has 2 aromatic carbocycles. The molecule has 3 heterocycles. The standard InChI is InChI=1S/C23H22BrN5O2/c24-16-7-8-18-17(12-16)23(31)29(14-25-18)11-9-21(30)28-10-3-4-15(13-28)22-26-19-5-1-2-6-20(19)27-22/h1-2,5-8,12,14-15H,3-4,9-11,13H2,(H,26,27). The van der Waals surface area contributed by atoms with E-state index in [1.807, 2.05) is 41.3 Å². The van der Waals surface area contributed by atoms with E-state index in [-0.39, 0.29) is 23.8 Å². The summed E-state index contributed by atoms with van der Waals surface area (Å²) in [7, 11) is 0. The molecule has 1 N–H and O–H groups in total. The summed E-state index contributed by atoms with van der Waals surface area (Å²) < 4.78 is 2.35. The van der Waals surface area contributed by atoms with Crippen LogP contribution in [0.3, 0.4) is 0 Å². The van der Waals surface area contributed by atoms with Gasteiger partial charge in [-0.05, 0) is 43.2 Å². The summed E-state index contributed by atoms with van der Waals surface area (Å²) in [5, 5.41) is 0.548. The van der Waals surface area contributed by atoms with Gasteiger partial charge in [0.1, 0.15) is 5.82 Å². The predicted octanol–water partition coefficient (Wildman–Crippen LogP) is 3.83. The number of hydrogen-bond donors (Lipinski definition) is 1. The molecule has 0 radical (unpaired) electrons. The van der Waals surface area contributed by atoms with E-state index in [0.717, 1.165) is 40.7 Å². The summed E-state index contributed by atoms with van der Waals surface area (Å²) >= 11 is 3.40. The molecule has 8 heteroatoms. The Bertz CT molecular complexity index is 1300. The van der Waals surface area contributed by atoms with Crippen molar-refractivity contribution >= 4 is 43.8 Å². The molecule has 7 nitrogen and oxygen atoms in total. The van der Waals surface area contributed by atoms with Crippen LogP contribution in [0.25, 0.3) is 21.9 Å². The van der Waals surface area contributed by atoms with Crippen molar-refractivity contribution in [3.63, 3.8) is 0 Å². The zero-order valence-corrected chi connectivity index (χ0v) is 18.5. The van der Waals surface area contributed by atoms with Gasteiger partial charge in [0.2, 0.25) is 5.91 Å². The quantitative estimate of drug-likeness (QED) is 0.481. The highest BCUT2D eigenvalue weighted by Gasteiger charge is 2.26. The van der Waals surface area contributed by atoms with Crippen molar-refractivity contribution in [1.29, 1.82) is 0 Å². The van der Waals surface area contributed by atoms with Crippen molar-refractivity contribution in [3.05, 3.63) is 69.4 Å². The number of carbonyl (C=O) groups excluding carboxylic acids is 1. The van der Waals surface area contributed by atoms with E-state index < -0.39 is 0 Å². The molecule has 1 unspecified atom stereocenters. The lowest BCUT2D eigenvalue weighted by Crippen LogP contribution is -2.40. The molecule has 1 saturated heterocycles. The van der Waals surface area contributed by atoms with Crippen LogP contribution in [-0.4, -0.2) is 43.4 Å². The number of aromatic nitrogens is 4. The summed E-state index contributed by atoms with van der Waals surface area (Å²) in [6.45, 7) is 1.71. The first-order chi connectivity index (χ1) is 15.1. The number of likely N-dealkylation sites (tertiary alicyclic amines) is 1. The Hall–Kier alpha value is -3.00. The van der Waals surface area contributed by atoms with E-state index in [1.54, 1.807) is 6.07 Å². The van der Waals surface area contributed by atoms with Crippen molar-refractivity contribution in [2.75, 3.05) is 13.1 Å². The number of hydrogen-bond acceptors (Lipinski definition) is 4. The number of nitrogens with zero attached hydrogens (tertiary/aromatic N) is 4. The first-order valence-electron chi connectivity index (χ1n) is 10.5. The summed E-state index contributed by atoms with van der Waals surface area (Å²) in [6.07, 6.45) is 3.75. The molecule has 0 saturated carbocycles. The number of piperidine rings is 1. The SMILES string of the molecule is O=C(CCn1cnc2ccc(Br)cc2c1=O)N1CCCC(c2nc3ccccc3[nH]2)C1. The molecule has 31 heavy (non-hydrogen) atoms.